The number of amides is 1. The van der Waals surface area contributed by atoms with Crippen molar-refractivity contribution < 1.29 is 19.4 Å². The maximum absolute atomic E-state index is 13.6. The van der Waals surface area contributed by atoms with E-state index in [-0.39, 0.29) is 17.7 Å². The number of hydrogen-bond acceptors (Lipinski definition) is 5. The van der Waals surface area contributed by atoms with Crippen molar-refractivity contribution in [2.24, 2.45) is 0 Å². The number of aromatic amines is 1. The third-order valence-corrected chi connectivity index (χ3v) is 7.06. The summed E-state index contributed by atoms with van der Waals surface area (Å²) in [4.78, 5) is 15.5. The lowest BCUT2D eigenvalue weighted by molar-refractivity contribution is 0.0741. The standard InChI is InChI=1S/C31H33N3O4/c1-5-6-14-34-29(22-12-13-24(25(17-22)37-4)38-18-21-10-8-7-9-11-21)26-27(32-33-28(26)31(34)36)23-16-19(2)15-20(3)30(23)35/h7-13,15-17,29,35H,5-6,14,18H2,1-4H3,(H,32,33). The Kier molecular flexibility index (Phi) is 7.09. The summed E-state index contributed by atoms with van der Waals surface area (Å²) >= 11 is 0. The topological polar surface area (TPSA) is 87.7 Å². The quantitative estimate of drug-likeness (QED) is 0.274. The van der Waals surface area contributed by atoms with Gasteiger partial charge in [-0.1, -0.05) is 55.8 Å². The highest BCUT2D eigenvalue weighted by molar-refractivity contribution is 6.00. The molecule has 0 saturated carbocycles. The number of aromatic hydroxyl groups is 1. The summed E-state index contributed by atoms with van der Waals surface area (Å²) in [5.74, 6) is 1.30. The largest absolute Gasteiger partial charge is 0.507 e. The Balaban J connectivity index is 1.58. The Labute approximate surface area is 223 Å². The number of aromatic nitrogens is 2. The molecule has 2 heterocycles. The first kappa shape index (κ1) is 25.4. The van der Waals surface area contributed by atoms with E-state index in [0.29, 0.717) is 41.6 Å². The van der Waals surface area contributed by atoms with Crippen LogP contribution in [0.3, 0.4) is 0 Å². The third-order valence-electron chi connectivity index (χ3n) is 7.06. The summed E-state index contributed by atoms with van der Waals surface area (Å²) in [5, 5.41) is 18.4. The zero-order valence-corrected chi connectivity index (χ0v) is 22.2. The Bertz CT molecular complexity index is 1460. The van der Waals surface area contributed by atoms with Crippen molar-refractivity contribution in [1.82, 2.24) is 15.1 Å². The number of benzene rings is 3. The van der Waals surface area contributed by atoms with Crippen LogP contribution in [0, 0.1) is 13.8 Å². The lowest BCUT2D eigenvalue weighted by atomic mass is 9.93. The molecule has 0 spiro atoms. The lowest BCUT2D eigenvalue weighted by Gasteiger charge is -2.27. The van der Waals surface area contributed by atoms with E-state index in [4.69, 9.17) is 9.47 Å². The van der Waals surface area contributed by atoms with Gasteiger partial charge in [-0.15, -0.1) is 0 Å². The molecule has 0 radical (unpaired) electrons. The van der Waals surface area contributed by atoms with Gasteiger partial charge < -0.3 is 19.5 Å². The average molecular weight is 512 g/mol. The average Bonchev–Trinajstić information content (AvgIpc) is 3.47. The van der Waals surface area contributed by atoms with Crippen LogP contribution >= 0.6 is 0 Å². The van der Waals surface area contributed by atoms with E-state index < -0.39 is 0 Å². The minimum absolute atomic E-state index is 0.0931. The van der Waals surface area contributed by atoms with Crippen molar-refractivity contribution in [2.45, 2.75) is 46.3 Å². The summed E-state index contributed by atoms with van der Waals surface area (Å²) < 4.78 is 11.8. The Hall–Kier alpha value is -4.26. The van der Waals surface area contributed by atoms with Crippen LogP contribution in [0.15, 0.2) is 60.7 Å². The number of methoxy groups -OCH3 is 1. The number of aryl methyl sites for hydroxylation is 2. The van der Waals surface area contributed by atoms with E-state index in [1.807, 2.05) is 79.4 Å². The second-order valence-corrected chi connectivity index (χ2v) is 9.78. The number of phenols is 1. The van der Waals surface area contributed by atoms with Gasteiger partial charge in [0.25, 0.3) is 5.91 Å². The maximum Gasteiger partial charge on any atom is 0.273 e. The molecule has 5 rings (SSSR count). The molecule has 196 valence electrons. The van der Waals surface area contributed by atoms with Crippen LogP contribution in [0.25, 0.3) is 11.3 Å². The number of hydrogen-bond donors (Lipinski definition) is 2. The molecule has 0 bridgehead atoms. The fraction of sp³-hybridized carbons (Fsp3) is 0.290. The predicted octanol–water partition coefficient (Wildman–Crippen LogP) is 6.33. The first-order valence-corrected chi connectivity index (χ1v) is 13.0. The molecule has 3 aromatic carbocycles. The number of rotatable bonds is 9. The highest BCUT2D eigenvalue weighted by Gasteiger charge is 2.42. The number of phenolic OH excluding ortho intramolecular Hbond substituents is 1. The molecule has 38 heavy (non-hydrogen) atoms. The highest BCUT2D eigenvalue weighted by atomic mass is 16.5. The SMILES string of the molecule is CCCCN1C(=O)c2[nH]nc(-c3cc(C)cc(C)c3O)c2C1c1ccc(OCc2ccccc2)c(OC)c1. The van der Waals surface area contributed by atoms with Crippen LogP contribution < -0.4 is 9.47 Å². The minimum Gasteiger partial charge on any atom is -0.507 e. The molecule has 7 nitrogen and oxygen atoms in total. The molecule has 4 aromatic rings. The second-order valence-electron chi connectivity index (χ2n) is 9.78. The molecule has 1 aliphatic heterocycles. The van der Waals surface area contributed by atoms with E-state index in [0.717, 1.165) is 40.7 Å². The number of nitrogens with one attached hydrogen (secondary N) is 1. The van der Waals surface area contributed by atoms with E-state index in [1.54, 1.807) is 7.11 Å². The highest BCUT2D eigenvalue weighted by Crippen LogP contribution is 2.46. The van der Waals surface area contributed by atoms with E-state index in [2.05, 4.69) is 17.1 Å². The van der Waals surface area contributed by atoms with Crippen LogP contribution in [0.2, 0.25) is 0 Å². The van der Waals surface area contributed by atoms with Crippen LogP contribution in [-0.4, -0.2) is 39.8 Å². The fourth-order valence-electron chi connectivity index (χ4n) is 5.16. The fourth-order valence-corrected chi connectivity index (χ4v) is 5.16. The van der Waals surface area contributed by atoms with Gasteiger partial charge in [0.1, 0.15) is 23.7 Å². The van der Waals surface area contributed by atoms with Crippen LogP contribution in [0.4, 0.5) is 0 Å². The number of carbonyl (C=O) groups excluding carboxylic acids is 1. The van der Waals surface area contributed by atoms with Gasteiger partial charge in [0.05, 0.1) is 13.2 Å². The number of ether oxygens (including phenoxy) is 2. The summed E-state index contributed by atoms with van der Waals surface area (Å²) in [5.41, 5.74) is 6.17. The molecule has 0 saturated heterocycles. The lowest BCUT2D eigenvalue weighted by Crippen LogP contribution is -2.30. The first-order chi connectivity index (χ1) is 18.4. The monoisotopic (exact) mass is 511 g/mol. The predicted molar refractivity (Wildman–Crippen MR) is 147 cm³/mol. The Morgan fingerprint density at radius 1 is 1.05 bits per heavy atom. The van der Waals surface area contributed by atoms with Gasteiger partial charge in [0, 0.05) is 17.7 Å². The van der Waals surface area contributed by atoms with Gasteiger partial charge in [-0.05, 0) is 60.7 Å². The molecule has 1 unspecified atom stereocenters. The summed E-state index contributed by atoms with van der Waals surface area (Å²) in [7, 11) is 1.62. The van der Waals surface area contributed by atoms with Crippen molar-refractivity contribution in [3.8, 4) is 28.5 Å². The molecule has 2 N–H and O–H groups in total. The van der Waals surface area contributed by atoms with Gasteiger partial charge in [-0.25, -0.2) is 0 Å². The van der Waals surface area contributed by atoms with Crippen LogP contribution in [0.5, 0.6) is 17.2 Å². The normalized spacial score (nSPS) is 14.6. The van der Waals surface area contributed by atoms with Gasteiger partial charge in [0.2, 0.25) is 0 Å². The molecule has 0 fully saturated rings. The first-order valence-electron chi connectivity index (χ1n) is 13.0. The van der Waals surface area contributed by atoms with Gasteiger partial charge in [0.15, 0.2) is 11.5 Å². The van der Waals surface area contributed by atoms with Crippen molar-refractivity contribution in [2.75, 3.05) is 13.7 Å². The molecule has 0 aliphatic carbocycles. The molecular weight excluding hydrogens is 478 g/mol. The number of carbonyl (C=O) groups is 1. The molecule has 1 aromatic heterocycles. The van der Waals surface area contributed by atoms with E-state index >= 15 is 0 Å². The van der Waals surface area contributed by atoms with E-state index in [9.17, 15) is 9.90 Å². The number of unbranched alkanes of at least 4 members (excludes halogenated alkanes) is 1. The van der Waals surface area contributed by atoms with Crippen LogP contribution in [-0.2, 0) is 6.61 Å². The van der Waals surface area contributed by atoms with Crippen molar-refractivity contribution in [3.63, 3.8) is 0 Å². The van der Waals surface area contributed by atoms with Gasteiger partial charge in [-0.3, -0.25) is 9.89 Å². The molecule has 7 heteroatoms. The van der Waals surface area contributed by atoms with Crippen molar-refractivity contribution in [3.05, 3.63) is 94.2 Å². The second kappa shape index (κ2) is 10.6. The number of H-pyrrole nitrogens is 1. The zero-order chi connectivity index (χ0) is 26.8. The molecule has 1 aliphatic rings. The maximum atomic E-state index is 13.6. The van der Waals surface area contributed by atoms with Gasteiger partial charge in [-0.2, -0.15) is 5.10 Å². The van der Waals surface area contributed by atoms with Gasteiger partial charge >= 0.3 is 0 Å². The number of fused-ring (bicyclic) bond motifs is 1. The zero-order valence-electron chi connectivity index (χ0n) is 22.2. The smallest absolute Gasteiger partial charge is 0.273 e. The number of nitrogens with zero attached hydrogens (tertiary/aromatic N) is 2. The minimum atomic E-state index is -0.380. The van der Waals surface area contributed by atoms with Crippen LogP contribution in [0.1, 0.15) is 64.1 Å². The van der Waals surface area contributed by atoms with Crippen molar-refractivity contribution in [1.29, 1.82) is 0 Å². The Morgan fingerprint density at radius 3 is 2.58 bits per heavy atom. The molecule has 1 atom stereocenters. The summed E-state index contributed by atoms with van der Waals surface area (Å²) in [6.45, 7) is 6.99. The summed E-state index contributed by atoms with van der Waals surface area (Å²) in [6.07, 6.45) is 1.84. The molecular formula is C31H33N3O4. The van der Waals surface area contributed by atoms with Crippen molar-refractivity contribution >= 4 is 5.91 Å². The summed E-state index contributed by atoms with van der Waals surface area (Å²) in [6, 6.07) is 19.2. The molecule has 1 amide bonds. The third kappa shape index (κ3) is 4.60. The van der Waals surface area contributed by atoms with E-state index in [1.165, 1.54) is 0 Å². The Morgan fingerprint density at radius 2 is 1.84 bits per heavy atom.